The number of aryl methyl sites for hydroxylation is 1. The number of hydrogen-bond donors (Lipinski definition) is 2. The third kappa shape index (κ3) is 3.65. The molecule has 15 heavy (non-hydrogen) atoms. The van der Waals surface area contributed by atoms with E-state index in [9.17, 15) is 4.79 Å². The molecule has 0 aliphatic rings. The molecule has 0 spiro atoms. The SMILES string of the molecule is Cc1ccc(C(C)NC(=O)NC(C)C)o1. The van der Waals surface area contributed by atoms with E-state index in [1.54, 1.807) is 0 Å². The molecule has 1 aromatic heterocycles. The normalized spacial score (nSPS) is 12.6. The summed E-state index contributed by atoms with van der Waals surface area (Å²) < 4.78 is 5.41. The number of urea groups is 1. The average Bonchev–Trinajstić information content (AvgIpc) is 2.49. The standard InChI is InChI=1S/C11H18N2O2/c1-7(2)12-11(14)13-9(4)10-6-5-8(3)15-10/h5-7,9H,1-4H3,(H2,12,13,14). The molecule has 1 rings (SSSR count). The van der Waals surface area contributed by atoms with Crippen LogP contribution in [0.5, 0.6) is 0 Å². The van der Waals surface area contributed by atoms with E-state index < -0.39 is 0 Å². The van der Waals surface area contributed by atoms with Gasteiger partial charge in [0.1, 0.15) is 11.5 Å². The second kappa shape index (κ2) is 4.87. The van der Waals surface area contributed by atoms with Gasteiger partial charge in [0.2, 0.25) is 0 Å². The van der Waals surface area contributed by atoms with Crippen LogP contribution in [0.1, 0.15) is 38.3 Å². The fourth-order valence-corrected chi connectivity index (χ4v) is 1.26. The first-order valence-corrected chi connectivity index (χ1v) is 5.12. The first-order chi connectivity index (χ1) is 6.99. The van der Waals surface area contributed by atoms with Gasteiger partial charge in [-0.2, -0.15) is 0 Å². The average molecular weight is 210 g/mol. The summed E-state index contributed by atoms with van der Waals surface area (Å²) in [5.74, 6) is 1.62. The van der Waals surface area contributed by atoms with Crippen molar-refractivity contribution in [1.29, 1.82) is 0 Å². The number of amides is 2. The number of hydrogen-bond acceptors (Lipinski definition) is 2. The van der Waals surface area contributed by atoms with Gasteiger partial charge >= 0.3 is 6.03 Å². The molecule has 4 nitrogen and oxygen atoms in total. The molecule has 0 saturated heterocycles. The lowest BCUT2D eigenvalue weighted by Crippen LogP contribution is -2.40. The van der Waals surface area contributed by atoms with Crippen molar-refractivity contribution < 1.29 is 9.21 Å². The molecule has 0 fully saturated rings. The van der Waals surface area contributed by atoms with E-state index in [0.29, 0.717) is 0 Å². The molecule has 84 valence electrons. The fraction of sp³-hybridized carbons (Fsp3) is 0.545. The van der Waals surface area contributed by atoms with Crippen molar-refractivity contribution in [1.82, 2.24) is 10.6 Å². The van der Waals surface area contributed by atoms with E-state index >= 15 is 0 Å². The van der Waals surface area contributed by atoms with Gasteiger partial charge in [-0.05, 0) is 39.8 Å². The Kier molecular flexibility index (Phi) is 3.77. The Balaban J connectivity index is 2.48. The van der Waals surface area contributed by atoms with Crippen LogP contribution in [-0.2, 0) is 0 Å². The molecule has 0 saturated carbocycles. The second-order valence-corrected chi connectivity index (χ2v) is 3.94. The fourth-order valence-electron chi connectivity index (χ4n) is 1.26. The maximum absolute atomic E-state index is 11.4. The molecule has 0 radical (unpaired) electrons. The Morgan fingerprint density at radius 2 is 1.93 bits per heavy atom. The molecule has 0 aliphatic heterocycles. The van der Waals surface area contributed by atoms with E-state index in [1.807, 2.05) is 39.8 Å². The van der Waals surface area contributed by atoms with Crippen LogP contribution < -0.4 is 10.6 Å². The summed E-state index contributed by atoms with van der Waals surface area (Å²) in [6, 6.07) is 3.60. The summed E-state index contributed by atoms with van der Waals surface area (Å²) in [5.41, 5.74) is 0. The van der Waals surface area contributed by atoms with E-state index in [-0.39, 0.29) is 18.1 Å². The maximum atomic E-state index is 11.4. The summed E-state index contributed by atoms with van der Waals surface area (Å²) in [7, 11) is 0. The lowest BCUT2D eigenvalue weighted by molar-refractivity contribution is 0.233. The molecular weight excluding hydrogens is 192 g/mol. The summed E-state index contributed by atoms with van der Waals surface area (Å²) in [5, 5.41) is 5.56. The first-order valence-electron chi connectivity index (χ1n) is 5.12. The van der Waals surface area contributed by atoms with Gasteiger partial charge in [-0.25, -0.2) is 4.79 Å². The van der Waals surface area contributed by atoms with Gasteiger partial charge in [0.15, 0.2) is 0 Å². The van der Waals surface area contributed by atoms with Crippen molar-refractivity contribution in [3.05, 3.63) is 23.7 Å². The number of nitrogens with one attached hydrogen (secondary N) is 2. The second-order valence-electron chi connectivity index (χ2n) is 3.94. The van der Waals surface area contributed by atoms with Crippen LogP contribution in [0, 0.1) is 6.92 Å². The Hall–Kier alpha value is -1.45. The molecule has 0 aliphatic carbocycles. The van der Waals surface area contributed by atoms with Crippen LogP contribution in [-0.4, -0.2) is 12.1 Å². The highest BCUT2D eigenvalue weighted by Crippen LogP contribution is 2.15. The molecule has 2 N–H and O–H groups in total. The van der Waals surface area contributed by atoms with Crippen LogP contribution in [0.25, 0.3) is 0 Å². The van der Waals surface area contributed by atoms with Crippen molar-refractivity contribution in [2.45, 2.75) is 39.8 Å². The van der Waals surface area contributed by atoms with Gasteiger partial charge in [0.05, 0.1) is 6.04 Å². The van der Waals surface area contributed by atoms with E-state index in [1.165, 1.54) is 0 Å². The van der Waals surface area contributed by atoms with E-state index in [4.69, 9.17) is 4.42 Å². The van der Waals surface area contributed by atoms with Gasteiger partial charge in [-0.1, -0.05) is 0 Å². The minimum absolute atomic E-state index is 0.113. The van der Waals surface area contributed by atoms with Crippen molar-refractivity contribution in [2.24, 2.45) is 0 Å². The van der Waals surface area contributed by atoms with Crippen LogP contribution in [0.2, 0.25) is 0 Å². The largest absolute Gasteiger partial charge is 0.464 e. The van der Waals surface area contributed by atoms with Crippen molar-refractivity contribution in [2.75, 3.05) is 0 Å². The predicted molar refractivity (Wildman–Crippen MR) is 58.7 cm³/mol. The van der Waals surface area contributed by atoms with Gasteiger partial charge in [-0.3, -0.25) is 0 Å². The summed E-state index contributed by atoms with van der Waals surface area (Å²) in [6.45, 7) is 7.60. The summed E-state index contributed by atoms with van der Waals surface area (Å²) in [6.07, 6.45) is 0. The molecule has 1 aromatic rings. The minimum Gasteiger partial charge on any atom is -0.464 e. The van der Waals surface area contributed by atoms with Crippen LogP contribution in [0.4, 0.5) is 4.79 Å². The number of furan rings is 1. The molecule has 0 bridgehead atoms. The topological polar surface area (TPSA) is 54.3 Å². The number of carbonyl (C=O) groups is 1. The number of rotatable bonds is 3. The highest BCUT2D eigenvalue weighted by Gasteiger charge is 2.12. The smallest absolute Gasteiger partial charge is 0.315 e. The van der Waals surface area contributed by atoms with Crippen molar-refractivity contribution >= 4 is 6.03 Å². The monoisotopic (exact) mass is 210 g/mol. The molecular formula is C11H18N2O2. The van der Waals surface area contributed by atoms with Gasteiger partial charge in [0.25, 0.3) is 0 Å². The van der Waals surface area contributed by atoms with Crippen molar-refractivity contribution in [3.63, 3.8) is 0 Å². The minimum atomic E-state index is -0.174. The van der Waals surface area contributed by atoms with Gasteiger partial charge in [-0.15, -0.1) is 0 Å². The Morgan fingerprint density at radius 1 is 1.27 bits per heavy atom. The molecule has 0 aromatic carbocycles. The zero-order valence-corrected chi connectivity index (χ0v) is 9.63. The zero-order chi connectivity index (χ0) is 11.4. The van der Waals surface area contributed by atoms with Crippen LogP contribution in [0.3, 0.4) is 0 Å². The predicted octanol–water partition coefficient (Wildman–Crippen LogP) is 2.36. The van der Waals surface area contributed by atoms with Gasteiger partial charge < -0.3 is 15.1 Å². The quantitative estimate of drug-likeness (QED) is 0.804. The highest BCUT2D eigenvalue weighted by atomic mass is 16.3. The van der Waals surface area contributed by atoms with Crippen LogP contribution in [0.15, 0.2) is 16.5 Å². The van der Waals surface area contributed by atoms with Gasteiger partial charge in [0, 0.05) is 6.04 Å². The number of carbonyl (C=O) groups excluding carboxylic acids is 1. The summed E-state index contributed by atoms with van der Waals surface area (Å²) in [4.78, 5) is 11.4. The highest BCUT2D eigenvalue weighted by molar-refractivity contribution is 5.74. The zero-order valence-electron chi connectivity index (χ0n) is 9.63. The Morgan fingerprint density at radius 3 is 2.40 bits per heavy atom. The third-order valence-corrected chi connectivity index (χ3v) is 1.96. The molecule has 4 heteroatoms. The van der Waals surface area contributed by atoms with E-state index in [2.05, 4.69) is 10.6 Å². The molecule has 2 amide bonds. The lowest BCUT2D eigenvalue weighted by atomic mass is 10.2. The Labute approximate surface area is 90.0 Å². The van der Waals surface area contributed by atoms with Crippen molar-refractivity contribution in [3.8, 4) is 0 Å². The summed E-state index contributed by atoms with van der Waals surface area (Å²) >= 11 is 0. The molecule has 1 atom stereocenters. The van der Waals surface area contributed by atoms with Crippen LogP contribution >= 0.6 is 0 Å². The lowest BCUT2D eigenvalue weighted by Gasteiger charge is -2.14. The maximum Gasteiger partial charge on any atom is 0.315 e. The third-order valence-electron chi connectivity index (χ3n) is 1.96. The molecule has 1 heterocycles. The van der Waals surface area contributed by atoms with E-state index in [0.717, 1.165) is 11.5 Å². The Bertz CT molecular complexity index is 331. The molecule has 1 unspecified atom stereocenters. The first kappa shape index (κ1) is 11.6.